The van der Waals surface area contributed by atoms with E-state index in [0.717, 1.165) is 38.3 Å². The molecule has 2 aromatic heterocycles. The van der Waals surface area contributed by atoms with Crippen LogP contribution < -0.4 is 4.90 Å². The van der Waals surface area contributed by atoms with Crippen molar-refractivity contribution in [2.75, 3.05) is 31.1 Å². The van der Waals surface area contributed by atoms with Crippen LogP contribution in [0.15, 0.2) is 47.6 Å². The molecule has 0 atom stereocenters. The first-order valence-corrected chi connectivity index (χ1v) is 10.9. The lowest BCUT2D eigenvalue weighted by Crippen LogP contribution is -2.49. The second kappa shape index (κ2) is 8.26. The van der Waals surface area contributed by atoms with Gasteiger partial charge in [0.25, 0.3) is 0 Å². The number of aromatic nitrogens is 4. The van der Waals surface area contributed by atoms with Gasteiger partial charge in [0.15, 0.2) is 5.82 Å². The van der Waals surface area contributed by atoms with E-state index in [2.05, 4.69) is 43.8 Å². The Morgan fingerprint density at radius 1 is 0.970 bits per heavy atom. The van der Waals surface area contributed by atoms with E-state index in [9.17, 15) is 13.2 Å². The molecular weight excluding hydrogens is 431 g/mol. The Labute approximate surface area is 189 Å². The first-order valence-electron chi connectivity index (χ1n) is 10.9. The molecule has 2 aliphatic heterocycles. The van der Waals surface area contributed by atoms with E-state index >= 15 is 0 Å². The smallest absolute Gasteiger partial charge is 0.338 e. The van der Waals surface area contributed by atoms with Crippen LogP contribution in [0.1, 0.15) is 36.5 Å². The molecule has 1 aromatic carbocycles. The molecule has 0 spiro atoms. The molecule has 0 bridgehead atoms. The van der Waals surface area contributed by atoms with Crippen LogP contribution in [0.5, 0.6) is 0 Å². The largest absolute Gasteiger partial charge is 0.416 e. The van der Waals surface area contributed by atoms with Crippen molar-refractivity contribution >= 4 is 11.7 Å². The highest BCUT2D eigenvalue weighted by atomic mass is 19.4. The van der Waals surface area contributed by atoms with Gasteiger partial charge < -0.3 is 4.90 Å². The van der Waals surface area contributed by atoms with E-state index in [4.69, 9.17) is 0 Å². The summed E-state index contributed by atoms with van der Waals surface area (Å²) in [6.07, 6.45) is -2.86. The number of benzene rings is 1. The van der Waals surface area contributed by atoms with Crippen LogP contribution in [-0.4, -0.2) is 62.6 Å². The molecule has 0 unspecified atom stereocenters. The number of aliphatic imine (C=N–C) groups is 1. The van der Waals surface area contributed by atoms with Gasteiger partial charge in [0.1, 0.15) is 6.54 Å². The predicted molar refractivity (Wildman–Crippen MR) is 119 cm³/mol. The fourth-order valence-electron chi connectivity index (χ4n) is 4.35. The van der Waals surface area contributed by atoms with Crippen LogP contribution in [0.3, 0.4) is 0 Å². The van der Waals surface area contributed by atoms with Crippen molar-refractivity contribution in [1.29, 1.82) is 0 Å². The zero-order chi connectivity index (χ0) is 23.2. The Morgan fingerprint density at radius 3 is 2.42 bits per heavy atom. The zero-order valence-electron chi connectivity index (χ0n) is 18.4. The molecule has 1 fully saturated rings. The van der Waals surface area contributed by atoms with Gasteiger partial charge in [0.05, 0.1) is 22.7 Å². The topological polar surface area (TPSA) is 62.4 Å². The lowest BCUT2D eigenvalue weighted by Gasteiger charge is -2.37. The highest BCUT2D eigenvalue weighted by Gasteiger charge is 2.34. The second-order valence-electron chi connectivity index (χ2n) is 8.48. The van der Waals surface area contributed by atoms with Crippen LogP contribution in [-0.2, 0) is 12.7 Å². The summed E-state index contributed by atoms with van der Waals surface area (Å²) in [6.45, 7) is 7.83. The molecule has 5 rings (SSSR count). The summed E-state index contributed by atoms with van der Waals surface area (Å²) in [6, 6.07) is 9.51. The minimum atomic E-state index is -4.47. The summed E-state index contributed by atoms with van der Waals surface area (Å²) in [4.78, 5) is 13.5. The van der Waals surface area contributed by atoms with Gasteiger partial charge in [-0.15, -0.1) is 10.2 Å². The third kappa shape index (κ3) is 3.99. The molecule has 2 aliphatic rings. The molecule has 1 saturated heterocycles. The molecule has 4 heterocycles. The van der Waals surface area contributed by atoms with Gasteiger partial charge in [-0.2, -0.15) is 13.2 Å². The summed E-state index contributed by atoms with van der Waals surface area (Å²) in [5, 5.41) is 8.77. The Kier molecular flexibility index (Phi) is 5.40. The maximum Gasteiger partial charge on any atom is 0.416 e. The van der Waals surface area contributed by atoms with E-state index in [1.807, 2.05) is 4.57 Å². The van der Waals surface area contributed by atoms with E-state index in [1.165, 1.54) is 6.07 Å². The van der Waals surface area contributed by atoms with Gasteiger partial charge in [-0.1, -0.05) is 6.07 Å². The number of piperazine rings is 1. The summed E-state index contributed by atoms with van der Waals surface area (Å²) < 4.78 is 42.6. The SMILES string of the molecule is CC(C)N1CCN(c2nnc3n2-c2ccc(C(F)(F)F)cc2C(c2ccccn2)=NC3)CC1. The summed E-state index contributed by atoms with van der Waals surface area (Å²) in [5.74, 6) is 1.22. The number of alkyl halides is 3. The van der Waals surface area contributed by atoms with E-state index in [1.54, 1.807) is 24.4 Å². The van der Waals surface area contributed by atoms with E-state index in [-0.39, 0.29) is 6.54 Å². The number of anilines is 1. The molecule has 3 aromatic rings. The van der Waals surface area contributed by atoms with Crippen molar-refractivity contribution in [2.45, 2.75) is 32.6 Å². The quantitative estimate of drug-likeness (QED) is 0.604. The van der Waals surface area contributed by atoms with Crippen LogP contribution in [0.2, 0.25) is 0 Å². The molecule has 172 valence electrons. The lowest BCUT2D eigenvalue weighted by molar-refractivity contribution is -0.137. The van der Waals surface area contributed by atoms with Crippen LogP contribution in [0.4, 0.5) is 19.1 Å². The van der Waals surface area contributed by atoms with Crippen molar-refractivity contribution in [3.8, 4) is 5.69 Å². The standard InChI is InChI=1S/C23H24F3N7/c1-15(2)31-9-11-32(12-10-31)22-30-29-20-14-28-21(18-5-3-4-8-27-18)17-13-16(23(24,25)26)6-7-19(17)33(20)22/h3-8,13,15H,9-12,14H2,1-2H3. The number of halogens is 3. The fraction of sp³-hybridized carbons (Fsp3) is 0.391. The third-order valence-electron chi connectivity index (χ3n) is 6.15. The molecule has 0 saturated carbocycles. The summed E-state index contributed by atoms with van der Waals surface area (Å²) in [5.41, 5.74) is 1.14. The Bertz CT molecular complexity index is 1180. The summed E-state index contributed by atoms with van der Waals surface area (Å²) in [7, 11) is 0. The molecule has 33 heavy (non-hydrogen) atoms. The Hall–Kier alpha value is -3.27. The number of hydrogen-bond acceptors (Lipinski definition) is 6. The second-order valence-corrected chi connectivity index (χ2v) is 8.48. The molecule has 0 N–H and O–H groups in total. The minimum absolute atomic E-state index is 0.195. The highest BCUT2D eigenvalue weighted by molar-refractivity contribution is 6.14. The van der Waals surface area contributed by atoms with Crippen LogP contribution in [0, 0.1) is 0 Å². The number of rotatable bonds is 3. The average Bonchev–Trinajstić information content (AvgIpc) is 3.16. The average molecular weight is 455 g/mol. The predicted octanol–water partition coefficient (Wildman–Crippen LogP) is 3.56. The van der Waals surface area contributed by atoms with E-state index < -0.39 is 11.7 Å². The first kappa shape index (κ1) is 21.6. The summed E-state index contributed by atoms with van der Waals surface area (Å²) >= 11 is 0. The maximum atomic E-state index is 13.6. The minimum Gasteiger partial charge on any atom is -0.338 e. The lowest BCUT2D eigenvalue weighted by atomic mass is 10.0. The number of pyridine rings is 1. The number of nitrogens with zero attached hydrogens (tertiary/aromatic N) is 7. The zero-order valence-corrected chi connectivity index (χ0v) is 18.4. The van der Waals surface area contributed by atoms with Crippen molar-refractivity contribution in [3.63, 3.8) is 0 Å². The fourth-order valence-corrected chi connectivity index (χ4v) is 4.35. The van der Waals surface area contributed by atoms with Gasteiger partial charge >= 0.3 is 6.18 Å². The first-order chi connectivity index (χ1) is 15.8. The van der Waals surface area contributed by atoms with Crippen molar-refractivity contribution in [3.05, 3.63) is 65.2 Å². The normalized spacial score (nSPS) is 16.9. The van der Waals surface area contributed by atoms with Gasteiger partial charge in [-0.3, -0.25) is 19.4 Å². The van der Waals surface area contributed by atoms with E-state index in [0.29, 0.717) is 40.5 Å². The Balaban J connectivity index is 1.62. The molecule has 0 aliphatic carbocycles. The van der Waals surface area contributed by atoms with Crippen molar-refractivity contribution in [1.82, 2.24) is 24.6 Å². The van der Waals surface area contributed by atoms with Gasteiger partial charge in [0, 0.05) is 44.0 Å². The monoisotopic (exact) mass is 455 g/mol. The maximum absolute atomic E-state index is 13.6. The highest BCUT2D eigenvalue weighted by Crippen LogP contribution is 2.35. The Morgan fingerprint density at radius 2 is 1.76 bits per heavy atom. The van der Waals surface area contributed by atoms with Crippen molar-refractivity contribution < 1.29 is 13.2 Å². The molecular formula is C23H24F3N7. The van der Waals surface area contributed by atoms with Crippen molar-refractivity contribution in [2.24, 2.45) is 4.99 Å². The molecule has 7 nitrogen and oxygen atoms in total. The van der Waals surface area contributed by atoms with Gasteiger partial charge in [0.2, 0.25) is 5.95 Å². The molecule has 0 radical (unpaired) electrons. The number of fused-ring (bicyclic) bond motifs is 3. The van der Waals surface area contributed by atoms with Gasteiger partial charge in [-0.05, 0) is 44.2 Å². The molecule has 10 heteroatoms. The van der Waals surface area contributed by atoms with Crippen LogP contribution in [0.25, 0.3) is 5.69 Å². The van der Waals surface area contributed by atoms with Gasteiger partial charge in [-0.25, -0.2) is 0 Å². The third-order valence-corrected chi connectivity index (χ3v) is 6.15. The molecule has 0 amide bonds. The van der Waals surface area contributed by atoms with Crippen LogP contribution >= 0.6 is 0 Å². The number of hydrogen-bond donors (Lipinski definition) is 0.